The number of hydrogen-bond acceptors (Lipinski definition) is 2. The molecule has 1 aliphatic rings. The maximum Gasteiger partial charge on any atom is 0.307 e. The van der Waals surface area contributed by atoms with Gasteiger partial charge in [0.1, 0.15) is 5.78 Å². The SMILES string of the molecule is CC(=O)C1CC(C(=O)O)C1(C)C. The summed E-state index contributed by atoms with van der Waals surface area (Å²) < 4.78 is 0. The molecule has 12 heavy (non-hydrogen) atoms. The topological polar surface area (TPSA) is 54.4 Å². The molecule has 0 spiro atoms. The van der Waals surface area contributed by atoms with Crippen molar-refractivity contribution < 1.29 is 14.7 Å². The molecule has 0 aromatic carbocycles. The van der Waals surface area contributed by atoms with Crippen LogP contribution in [0.3, 0.4) is 0 Å². The second kappa shape index (κ2) is 2.57. The van der Waals surface area contributed by atoms with Crippen LogP contribution >= 0.6 is 0 Å². The van der Waals surface area contributed by atoms with Gasteiger partial charge in [0, 0.05) is 5.92 Å². The Hall–Kier alpha value is -0.860. The van der Waals surface area contributed by atoms with E-state index in [1.807, 2.05) is 13.8 Å². The van der Waals surface area contributed by atoms with Crippen LogP contribution in [-0.2, 0) is 9.59 Å². The molecule has 3 nitrogen and oxygen atoms in total. The Labute approximate surface area is 71.8 Å². The number of carboxylic acids is 1. The number of carbonyl (C=O) groups is 2. The van der Waals surface area contributed by atoms with E-state index in [0.717, 1.165) is 0 Å². The van der Waals surface area contributed by atoms with Crippen LogP contribution in [-0.4, -0.2) is 16.9 Å². The van der Waals surface area contributed by atoms with Crippen LogP contribution in [0.1, 0.15) is 27.2 Å². The third-order valence-corrected chi connectivity index (χ3v) is 3.06. The molecule has 0 saturated heterocycles. The predicted octanol–water partition coefficient (Wildman–Crippen LogP) is 1.32. The van der Waals surface area contributed by atoms with E-state index in [-0.39, 0.29) is 23.0 Å². The molecule has 0 heterocycles. The third kappa shape index (κ3) is 1.13. The lowest BCUT2D eigenvalue weighted by Gasteiger charge is -2.48. The Balaban J connectivity index is 2.72. The molecule has 0 radical (unpaired) electrons. The Morgan fingerprint density at radius 2 is 1.83 bits per heavy atom. The summed E-state index contributed by atoms with van der Waals surface area (Å²) >= 11 is 0. The largest absolute Gasteiger partial charge is 0.481 e. The maximum atomic E-state index is 11.0. The van der Waals surface area contributed by atoms with E-state index >= 15 is 0 Å². The molecule has 0 bridgehead atoms. The van der Waals surface area contributed by atoms with Gasteiger partial charge in [0.15, 0.2) is 0 Å². The maximum absolute atomic E-state index is 11.0. The summed E-state index contributed by atoms with van der Waals surface area (Å²) in [4.78, 5) is 21.7. The lowest BCUT2D eigenvalue weighted by Crippen LogP contribution is -2.51. The molecule has 0 aromatic rings. The molecular weight excluding hydrogens is 156 g/mol. The van der Waals surface area contributed by atoms with Gasteiger partial charge in [-0.25, -0.2) is 0 Å². The zero-order valence-electron chi connectivity index (χ0n) is 7.63. The van der Waals surface area contributed by atoms with E-state index in [9.17, 15) is 9.59 Å². The second-order valence-corrected chi connectivity index (χ2v) is 4.11. The third-order valence-electron chi connectivity index (χ3n) is 3.06. The number of hydrogen-bond donors (Lipinski definition) is 1. The first-order chi connectivity index (χ1) is 5.37. The molecule has 1 rings (SSSR count). The molecule has 0 amide bonds. The van der Waals surface area contributed by atoms with E-state index in [2.05, 4.69) is 0 Å². The van der Waals surface area contributed by atoms with Gasteiger partial charge < -0.3 is 5.11 Å². The van der Waals surface area contributed by atoms with Crippen molar-refractivity contribution in [1.82, 2.24) is 0 Å². The minimum Gasteiger partial charge on any atom is -0.481 e. The summed E-state index contributed by atoms with van der Waals surface area (Å²) in [6.07, 6.45) is 0.512. The minimum absolute atomic E-state index is 0.0569. The highest BCUT2D eigenvalue weighted by Crippen LogP contribution is 2.51. The fourth-order valence-corrected chi connectivity index (χ4v) is 2.03. The number of ketones is 1. The molecule has 3 heteroatoms. The standard InChI is InChI=1S/C9H14O3/c1-5(10)6-4-7(8(11)12)9(6,2)3/h6-7H,4H2,1-3H3,(H,11,12). The number of carbonyl (C=O) groups excluding carboxylic acids is 1. The minimum atomic E-state index is -0.780. The Kier molecular flexibility index (Phi) is 1.98. The molecule has 68 valence electrons. The van der Waals surface area contributed by atoms with E-state index < -0.39 is 5.97 Å². The van der Waals surface area contributed by atoms with E-state index in [4.69, 9.17) is 5.11 Å². The highest BCUT2D eigenvalue weighted by molar-refractivity contribution is 5.84. The summed E-state index contributed by atoms with van der Waals surface area (Å²) in [5.74, 6) is -1.07. The zero-order chi connectivity index (χ0) is 9.52. The first-order valence-electron chi connectivity index (χ1n) is 4.10. The van der Waals surface area contributed by atoms with Crippen LogP contribution in [0.25, 0.3) is 0 Å². The van der Waals surface area contributed by atoms with Gasteiger partial charge in [0.05, 0.1) is 5.92 Å². The number of carboxylic acid groups (broad SMARTS) is 1. The van der Waals surface area contributed by atoms with Crippen molar-refractivity contribution in [3.8, 4) is 0 Å². The van der Waals surface area contributed by atoms with Gasteiger partial charge in [-0.15, -0.1) is 0 Å². The predicted molar refractivity (Wildman–Crippen MR) is 43.7 cm³/mol. The molecule has 1 fully saturated rings. The van der Waals surface area contributed by atoms with Crippen molar-refractivity contribution in [1.29, 1.82) is 0 Å². The average molecular weight is 170 g/mol. The lowest BCUT2D eigenvalue weighted by atomic mass is 9.53. The molecule has 1 N–H and O–H groups in total. The number of aliphatic carboxylic acids is 1. The molecule has 2 atom stereocenters. The quantitative estimate of drug-likeness (QED) is 0.680. The van der Waals surface area contributed by atoms with Crippen molar-refractivity contribution in [2.75, 3.05) is 0 Å². The van der Waals surface area contributed by atoms with Crippen molar-refractivity contribution in [3.05, 3.63) is 0 Å². The molecule has 0 aromatic heterocycles. The van der Waals surface area contributed by atoms with E-state index in [0.29, 0.717) is 6.42 Å². The Bertz CT molecular complexity index is 208. The molecular formula is C9H14O3. The second-order valence-electron chi connectivity index (χ2n) is 4.11. The van der Waals surface area contributed by atoms with Crippen LogP contribution < -0.4 is 0 Å². The van der Waals surface area contributed by atoms with Crippen LogP contribution in [0.15, 0.2) is 0 Å². The van der Waals surface area contributed by atoms with Crippen molar-refractivity contribution in [2.24, 2.45) is 17.3 Å². The van der Waals surface area contributed by atoms with Crippen LogP contribution in [0, 0.1) is 17.3 Å². The monoisotopic (exact) mass is 170 g/mol. The van der Waals surface area contributed by atoms with Gasteiger partial charge in [-0.05, 0) is 18.8 Å². The molecule has 0 aliphatic heterocycles. The average Bonchev–Trinajstić information content (AvgIpc) is 1.83. The highest BCUT2D eigenvalue weighted by Gasteiger charge is 2.53. The Morgan fingerprint density at radius 3 is 2.08 bits per heavy atom. The lowest BCUT2D eigenvalue weighted by molar-refractivity contribution is -0.162. The first kappa shape index (κ1) is 9.23. The summed E-state index contributed by atoms with van der Waals surface area (Å²) in [6.45, 7) is 5.23. The highest BCUT2D eigenvalue weighted by atomic mass is 16.4. The van der Waals surface area contributed by atoms with Crippen molar-refractivity contribution in [2.45, 2.75) is 27.2 Å². The normalized spacial score (nSPS) is 32.2. The molecule has 2 unspecified atom stereocenters. The molecule has 1 saturated carbocycles. The van der Waals surface area contributed by atoms with Crippen LogP contribution in [0.4, 0.5) is 0 Å². The summed E-state index contributed by atoms with van der Waals surface area (Å²) in [5, 5.41) is 8.76. The van der Waals surface area contributed by atoms with E-state index in [1.54, 1.807) is 0 Å². The number of Topliss-reactive ketones (excluding diaryl/α,β-unsaturated/α-hetero) is 1. The van der Waals surface area contributed by atoms with Crippen LogP contribution in [0.5, 0.6) is 0 Å². The van der Waals surface area contributed by atoms with Gasteiger partial charge >= 0.3 is 5.97 Å². The summed E-state index contributed by atoms with van der Waals surface area (Å²) in [7, 11) is 0. The van der Waals surface area contributed by atoms with Crippen molar-refractivity contribution in [3.63, 3.8) is 0 Å². The van der Waals surface area contributed by atoms with Gasteiger partial charge in [-0.3, -0.25) is 9.59 Å². The first-order valence-corrected chi connectivity index (χ1v) is 4.10. The summed E-state index contributed by atoms with van der Waals surface area (Å²) in [5.41, 5.74) is -0.350. The number of rotatable bonds is 2. The fraction of sp³-hybridized carbons (Fsp3) is 0.778. The van der Waals surface area contributed by atoms with Gasteiger partial charge in [0.2, 0.25) is 0 Å². The Morgan fingerprint density at radius 1 is 1.33 bits per heavy atom. The zero-order valence-corrected chi connectivity index (χ0v) is 7.63. The van der Waals surface area contributed by atoms with Gasteiger partial charge in [-0.1, -0.05) is 13.8 Å². The summed E-state index contributed by atoms with van der Waals surface area (Å²) in [6, 6.07) is 0. The fourth-order valence-electron chi connectivity index (χ4n) is 2.03. The van der Waals surface area contributed by atoms with Gasteiger partial charge in [-0.2, -0.15) is 0 Å². The molecule has 1 aliphatic carbocycles. The smallest absolute Gasteiger partial charge is 0.307 e. The van der Waals surface area contributed by atoms with Crippen LogP contribution in [0.2, 0.25) is 0 Å². The van der Waals surface area contributed by atoms with Crippen molar-refractivity contribution >= 4 is 11.8 Å². The van der Waals surface area contributed by atoms with Gasteiger partial charge in [0.25, 0.3) is 0 Å². The van der Waals surface area contributed by atoms with E-state index in [1.165, 1.54) is 6.92 Å².